The number of hydrogen-bond donors (Lipinski definition) is 2. The van der Waals surface area contributed by atoms with Gasteiger partial charge in [-0.1, -0.05) is 12.8 Å². The molecule has 0 aliphatic heterocycles. The largest absolute Gasteiger partial charge is 0.352 e. The first-order chi connectivity index (χ1) is 7.15. The number of likely N-dealkylation sites (N-methyl/N-ethyl adjacent to an activating group) is 1. The Balaban J connectivity index is 2.52. The average Bonchev–Trinajstić information content (AvgIpc) is 2.18. The molecule has 0 spiro atoms. The summed E-state index contributed by atoms with van der Waals surface area (Å²) in [6.45, 7) is 3.18. The molecule has 0 bridgehead atoms. The van der Waals surface area contributed by atoms with Gasteiger partial charge < -0.3 is 16.0 Å². The first-order valence-electron chi connectivity index (χ1n) is 5.82. The maximum absolute atomic E-state index is 11.1. The van der Waals surface area contributed by atoms with Crippen LogP contribution in [-0.2, 0) is 4.79 Å². The van der Waals surface area contributed by atoms with Crippen molar-refractivity contribution in [2.24, 2.45) is 5.73 Å². The number of carbonyl (C=O) groups is 1. The van der Waals surface area contributed by atoms with Gasteiger partial charge in [-0.05, 0) is 19.9 Å². The van der Waals surface area contributed by atoms with Crippen molar-refractivity contribution in [2.45, 2.75) is 44.7 Å². The summed E-state index contributed by atoms with van der Waals surface area (Å²) in [7, 11) is 2.09. The molecule has 1 aliphatic rings. The summed E-state index contributed by atoms with van der Waals surface area (Å²) in [6.07, 6.45) is 4.74. The Labute approximate surface area is 92.2 Å². The summed E-state index contributed by atoms with van der Waals surface area (Å²) < 4.78 is 0. The van der Waals surface area contributed by atoms with Crippen molar-refractivity contribution in [3.63, 3.8) is 0 Å². The summed E-state index contributed by atoms with van der Waals surface area (Å²) in [5.41, 5.74) is 5.55. The van der Waals surface area contributed by atoms with Crippen LogP contribution in [0.1, 0.15) is 32.6 Å². The first-order valence-corrected chi connectivity index (χ1v) is 5.82. The smallest absolute Gasteiger partial charge is 0.217 e. The van der Waals surface area contributed by atoms with Crippen LogP contribution in [-0.4, -0.2) is 43.0 Å². The zero-order valence-corrected chi connectivity index (χ0v) is 9.83. The van der Waals surface area contributed by atoms with Crippen LogP contribution in [0.4, 0.5) is 0 Å². The summed E-state index contributed by atoms with van der Waals surface area (Å²) in [6, 6.07) is 0.777. The lowest BCUT2D eigenvalue weighted by Gasteiger charge is -2.38. The molecule has 4 nitrogen and oxygen atoms in total. The van der Waals surface area contributed by atoms with Gasteiger partial charge in [-0.15, -0.1) is 0 Å². The van der Waals surface area contributed by atoms with E-state index in [1.54, 1.807) is 6.92 Å². The summed E-state index contributed by atoms with van der Waals surface area (Å²) in [4.78, 5) is 13.4. The van der Waals surface area contributed by atoms with Crippen molar-refractivity contribution in [3.05, 3.63) is 0 Å². The summed E-state index contributed by atoms with van der Waals surface area (Å²) >= 11 is 0. The van der Waals surface area contributed by atoms with Gasteiger partial charge in [-0.2, -0.15) is 0 Å². The molecule has 2 atom stereocenters. The van der Waals surface area contributed by atoms with E-state index in [9.17, 15) is 4.79 Å². The van der Waals surface area contributed by atoms with E-state index in [0.717, 1.165) is 13.0 Å². The third-order valence-electron chi connectivity index (χ3n) is 3.17. The molecule has 88 valence electrons. The molecule has 0 radical (unpaired) electrons. The predicted molar refractivity (Wildman–Crippen MR) is 61.5 cm³/mol. The van der Waals surface area contributed by atoms with Crippen molar-refractivity contribution < 1.29 is 4.79 Å². The molecule has 0 aromatic heterocycles. The Morgan fingerprint density at radius 1 is 1.47 bits per heavy atom. The molecule has 0 heterocycles. The fourth-order valence-corrected chi connectivity index (χ4v) is 2.44. The van der Waals surface area contributed by atoms with Crippen LogP contribution in [0.5, 0.6) is 0 Å². The van der Waals surface area contributed by atoms with E-state index < -0.39 is 0 Å². The maximum Gasteiger partial charge on any atom is 0.217 e. The second-order valence-corrected chi connectivity index (χ2v) is 4.43. The number of carbonyl (C=O) groups excluding carboxylic acids is 1. The highest BCUT2D eigenvalue weighted by atomic mass is 16.1. The standard InChI is InChI=1S/C11H23N3O/c1-9(15)13-10-5-3-4-6-11(10)14(2)8-7-12/h10-11H,3-8,12H2,1-2H3,(H,13,15). The van der Waals surface area contributed by atoms with Gasteiger partial charge in [0.25, 0.3) is 0 Å². The highest BCUT2D eigenvalue weighted by Gasteiger charge is 2.28. The minimum Gasteiger partial charge on any atom is -0.352 e. The molecule has 1 fully saturated rings. The van der Waals surface area contributed by atoms with E-state index in [-0.39, 0.29) is 5.91 Å². The van der Waals surface area contributed by atoms with E-state index in [1.165, 1.54) is 19.3 Å². The van der Waals surface area contributed by atoms with Crippen LogP contribution in [0.2, 0.25) is 0 Å². The zero-order valence-electron chi connectivity index (χ0n) is 9.83. The Morgan fingerprint density at radius 2 is 2.13 bits per heavy atom. The molecule has 1 rings (SSSR count). The van der Waals surface area contributed by atoms with Gasteiger partial charge in [0.1, 0.15) is 0 Å². The van der Waals surface area contributed by atoms with E-state index in [0.29, 0.717) is 18.6 Å². The zero-order chi connectivity index (χ0) is 11.3. The van der Waals surface area contributed by atoms with Gasteiger partial charge >= 0.3 is 0 Å². The van der Waals surface area contributed by atoms with Gasteiger partial charge in [0.05, 0.1) is 0 Å². The Bertz CT molecular complexity index is 208. The molecule has 0 aromatic rings. The number of nitrogens with two attached hydrogens (primary N) is 1. The normalized spacial score (nSPS) is 26.7. The lowest BCUT2D eigenvalue weighted by Crippen LogP contribution is -2.52. The van der Waals surface area contributed by atoms with E-state index in [2.05, 4.69) is 17.3 Å². The lowest BCUT2D eigenvalue weighted by molar-refractivity contribution is -0.120. The van der Waals surface area contributed by atoms with Crippen LogP contribution < -0.4 is 11.1 Å². The Morgan fingerprint density at radius 3 is 2.73 bits per heavy atom. The predicted octanol–water partition coefficient (Wildman–Crippen LogP) is 0.324. The molecular formula is C11H23N3O. The fraction of sp³-hybridized carbons (Fsp3) is 0.909. The first kappa shape index (κ1) is 12.5. The van der Waals surface area contributed by atoms with Crippen LogP contribution in [0.3, 0.4) is 0 Å². The van der Waals surface area contributed by atoms with Crippen molar-refractivity contribution in [3.8, 4) is 0 Å². The monoisotopic (exact) mass is 213 g/mol. The van der Waals surface area contributed by atoms with Crippen LogP contribution in [0, 0.1) is 0 Å². The number of nitrogens with zero attached hydrogens (tertiary/aromatic N) is 1. The molecule has 1 aliphatic carbocycles. The lowest BCUT2D eigenvalue weighted by atomic mass is 9.89. The minimum atomic E-state index is 0.0769. The second kappa shape index (κ2) is 6.08. The van der Waals surface area contributed by atoms with Gasteiger partial charge in [0.2, 0.25) is 5.91 Å². The Hall–Kier alpha value is -0.610. The topological polar surface area (TPSA) is 58.4 Å². The number of rotatable bonds is 4. The molecule has 1 amide bonds. The minimum absolute atomic E-state index is 0.0769. The van der Waals surface area contributed by atoms with Crippen molar-refractivity contribution >= 4 is 5.91 Å². The van der Waals surface area contributed by atoms with Crippen molar-refractivity contribution in [1.29, 1.82) is 0 Å². The van der Waals surface area contributed by atoms with Gasteiger partial charge in [0, 0.05) is 32.1 Å². The second-order valence-electron chi connectivity index (χ2n) is 4.43. The third-order valence-corrected chi connectivity index (χ3v) is 3.17. The van der Waals surface area contributed by atoms with Crippen molar-refractivity contribution in [1.82, 2.24) is 10.2 Å². The van der Waals surface area contributed by atoms with Crippen LogP contribution in [0.25, 0.3) is 0 Å². The van der Waals surface area contributed by atoms with Crippen molar-refractivity contribution in [2.75, 3.05) is 20.1 Å². The third kappa shape index (κ3) is 3.80. The molecule has 0 aromatic carbocycles. The van der Waals surface area contributed by atoms with E-state index in [1.807, 2.05) is 0 Å². The maximum atomic E-state index is 11.1. The number of hydrogen-bond acceptors (Lipinski definition) is 3. The quantitative estimate of drug-likeness (QED) is 0.707. The number of amides is 1. The number of nitrogens with one attached hydrogen (secondary N) is 1. The highest BCUT2D eigenvalue weighted by Crippen LogP contribution is 2.22. The molecular weight excluding hydrogens is 190 g/mol. The molecule has 3 N–H and O–H groups in total. The molecule has 2 unspecified atom stereocenters. The summed E-state index contributed by atoms with van der Waals surface area (Å²) in [5.74, 6) is 0.0769. The van der Waals surface area contributed by atoms with Crippen LogP contribution >= 0.6 is 0 Å². The van der Waals surface area contributed by atoms with Crippen LogP contribution in [0.15, 0.2) is 0 Å². The SMILES string of the molecule is CC(=O)NC1CCCCC1N(C)CCN. The van der Waals surface area contributed by atoms with E-state index in [4.69, 9.17) is 5.73 Å². The molecule has 1 saturated carbocycles. The highest BCUT2D eigenvalue weighted by molar-refractivity contribution is 5.73. The molecule has 4 heteroatoms. The summed E-state index contributed by atoms with van der Waals surface area (Å²) in [5, 5.41) is 3.05. The van der Waals surface area contributed by atoms with Gasteiger partial charge in [0.15, 0.2) is 0 Å². The average molecular weight is 213 g/mol. The van der Waals surface area contributed by atoms with Gasteiger partial charge in [-0.3, -0.25) is 4.79 Å². The fourth-order valence-electron chi connectivity index (χ4n) is 2.44. The molecule has 0 saturated heterocycles. The molecule has 15 heavy (non-hydrogen) atoms. The van der Waals surface area contributed by atoms with Gasteiger partial charge in [-0.25, -0.2) is 0 Å². The Kier molecular flexibility index (Phi) is 5.05. The van der Waals surface area contributed by atoms with E-state index >= 15 is 0 Å².